The van der Waals surface area contributed by atoms with E-state index in [1.165, 1.54) is 26.5 Å². The van der Waals surface area contributed by atoms with Gasteiger partial charge in [-0.25, -0.2) is 0 Å². The molecule has 0 saturated carbocycles. The van der Waals surface area contributed by atoms with Gasteiger partial charge in [-0.3, -0.25) is 4.79 Å². The molecule has 6 rings (SSSR count). The van der Waals surface area contributed by atoms with E-state index < -0.39 is 80.1 Å². The van der Waals surface area contributed by atoms with E-state index in [2.05, 4.69) is 0 Å². The topological polar surface area (TPSA) is 246 Å². The molecule has 10 atom stereocenters. The highest BCUT2D eigenvalue weighted by molar-refractivity contribution is 5.93. The molecule has 3 aromatic rings. The molecule has 2 fully saturated rings. The Morgan fingerprint density at radius 3 is 2.19 bits per heavy atom. The molecule has 4 heterocycles. The van der Waals surface area contributed by atoms with Gasteiger partial charge in [-0.2, -0.15) is 0 Å². The summed E-state index contributed by atoms with van der Waals surface area (Å²) in [5.74, 6) is 0.763. The maximum absolute atomic E-state index is 13.8. The van der Waals surface area contributed by atoms with E-state index in [0.29, 0.717) is 17.1 Å². The fourth-order valence-electron chi connectivity index (χ4n) is 5.70. The molecule has 0 aliphatic carbocycles. The molecule has 17 nitrogen and oxygen atoms in total. The van der Waals surface area contributed by atoms with Crippen molar-refractivity contribution in [1.82, 2.24) is 0 Å². The first-order valence-corrected chi connectivity index (χ1v) is 14.5. The molecule has 0 unspecified atom stereocenters. The zero-order chi connectivity index (χ0) is 33.6. The average molecular weight is 667 g/mol. The molecule has 47 heavy (non-hydrogen) atoms. The van der Waals surface area contributed by atoms with Crippen molar-refractivity contribution in [3.63, 3.8) is 0 Å². The Balaban J connectivity index is 1.32. The zero-order valence-corrected chi connectivity index (χ0v) is 25.0. The molecule has 2 saturated heterocycles. The first-order valence-electron chi connectivity index (χ1n) is 14.5. The van der Waals surface area contributed by atoms with Crippen molar-refractivity contribution in [3.05, 3.63) is 40.8 Å². The smallest absolute Gasteiger partial charge is 0.231 e. The standard InChI is InChI=1S/C30H34O17/c1-39-15-6-16(26(40-2)27-19(15)20(33)12(9-41-27)11-3-4-13-14(5-11)43-10-42-13)44-30-25(38)28(22(35)18(8-32)46-30)47-29-24(37)23(36)21(34)17(7-31)45-29/h3-6,9,17-18,21-25,28-32,34-38H,7-8,10H2,1-2H3/t17-,18+,21+,22+,23-,24+,25-,28-,29-,30+/m0/s1. The number of aliphatic hydroxyl groups is 7. The number of methoxy groups -OCH3 is 2. The Hall–Kier alpha value is -3.75. The molecule has 0 amide bonds. The number of aliphatic hydroxyl groups excluding tert-OH is 7. The van der Waals surface area contributed by atoms with Gasteiger partial charge in [0.25, 0.3) is 0 Å². The number of hydrogen-bond acceptors (Lipinski definition) is 17. The molecule has 256 valence electrons. The van der Waals surface area contributed by atoms with Crippen molar-refractivity contribution in [2.75, 3.05) is 34.2 Å². The Kier molecular flexibility index (Phi) is 9.45. The van der Waals surface area contributed by atoms with E-state index in [4.69, 9.17) is 42.3 Å². The van der Waals surface area contributed by atoms with E-state index in [1.54, 1.807) is 18.2 Å². The number of ether oxygens (including phenoxy) is 8. The third-order valence-corrected chi connectivity index (χ3v) is 8.24. The van der Waals surface area contributed by atoms with Crippen molar-refractivity contribution in [2.24, 2.45) is 0 Å². The molecule has 3 aliphatic rings. The highest BCUT2D eigenvalue weighted by Crippen LogP contribution is 2.43. The van der Waals surface area contributed by atoms with E-state index >= 15 is 0 Å². The molecule has 3 aliphatic heterocycles. The average Bonchev–Trinajstić information content (AvgIpc) is 3.55. The van der Waals surface area contributed by atoms with Gasteiger partial charge in [-0.15, -0.1) is 0 Å². The van der Waals surface area contributed by atoms with Gasteiger partial charge in [0, 0.05) is 6.07 Å². The van der Waals surface area contributed by atoms with Crippen LogP contribution in [0.1, 0.15) is 0 Å². The lowest BCUT2D eigenvalue weighted by Gasteiger charge is -2.45. The molecule has 2 aromatic carbocycles. The SMILES string of the molecule is COc1c(O[C@@H]2O[C@H](CO)[C@@H](O)[C@H](O[C@@H]3O[C@@H](CO)[C@@H](O)[C@H](O)[C@H]3O)[C@@H]2O)cc(OC)c2c(=O)c(-c3ccc4c(c3)OCO4)coc12. The monoisotopic (exact) mass is 666 g/mol. The Morgan fingerprint density at radius 1 is 0.787 bits per heavy atom. The van der Waals surface area contributed by atoms with Gasteiger partial charge in [0.2, 0.25) is 24.3 Å². The first-order chi connectivity index (χ1) is 22.6. The van der Waals surface area contributed by atoms with Crippen LogP contribution in [0.25, 0.3) is 22.1 Å². The summed E-state index contributed by atoms with van der Waals surface area (Å²) < 4.78 is 50.2. The van der Waals surface area contributed by atoms with E-state index in [1.807, 2.05) is 0 Å². The molecule has 0 bridgehead atoms. The molecular formula is C30H34O17. The Labute approximate surface area is 265 Å². The maximum Gasteiger partial charge on any atom is 0.231 e. The molecule has 0 spiro atoms. The van der Waals surface area contributed by atoms with Crippen molar-refractivity contribution in [3.8, 4) is 39.9 Å². The van der Waals surface area contributed by atoms with Crippen LogP contribution in [-0.4, -0.2) is 131 Å². The number of fused-ring (bicyclic) bond motifs is 2. The van der Waals surface area contributed by atoms with Gasteiger partial charge in [0.1, 0.15) is 66.2 Å². The predicted octanol–water partition coefficient (Wildman–Crippen LogP) is -1.79. The van der Waals surface area contributed by atoms with Gasteiger partial charge in [-0.05, 0) is 17.7 Å². The van der Waals surface area contributed by atoms with Crippen LogP contribution in [0.3, 0.4) is 0 Å². The Bertz CT molecular complexity index is 1640. The summed E-state index contributed by atoms with van der Waals surface area (Å²) in [7, 11) is 2.59. The summed E-state index contributed by atoms with van der Waals surface area (Å²) in [6.45, 7) is -1.46. The van der Waals surface area contributed by atoms with Gasteiger partial charge in [-0.1, -0.05) is 6.07 Å². The molecule has 7 N–H and O–H groups in total. The molecule has 17 heteroatoms. The summed E-state index contributed by atoms with van der Waals surface area (Å²) in [4.78, 5) is 13.8. The minimum atomic E-state index is -1.85. The van der Waals surface area contributed by atoms with Crippen LogP contribution in [0.5, 0.6) is 28.7 Å². The summed E-state index contributed by atoms with van der Waals surface area (Å²) in [6.07, 6.45) is -15.4. The van der Waals surface area contributed by atoms with Crippen LogP contribution in [0.4, 0.5) is 0 Å². The highest BCUT2D eigenvalue weighted by Gasteiger charge is 2.51. The Morgan fingerprint density at radius 2 is 1.49 bits per heavy atom. The predicted molar refractivity (Wildman–Crippen MR) is 154 cm³/mol. The molecule has 0 radical (unpaired) electrons. The normalized spacial score (nSPS) is 31.9. The third kappa shape index (κ3) is 5.84. The van der Waals surface area contributed by atoms with Crippen LogP contribution < -0.4 is 29.1 Å². The number of benzene rings is 2. The number of hydrogen-bond donors (Lipinski definition) is 7. The second-order valence-corrected chi connectivity index (χ2v) is 11.0. The van der Waals surface area contributed by atoms with E-state index in [0.717, 1.165) is 0 Å². The minimum Gasteiger partial charge on any atom is -0.496 e. The largest absolute Gasteiger partial charge is 0.496 e. The van der Waals surface area contributed by atoms with Gasteiger partial charge >= 0.3 is 0 Å². The second kappa shape index (κ2) is 13.4. The van der Waals surface area contributed by atoms with Crippen LogP contribution >= 0.6 is 0 Å². The maximum atomic E-state index is 13.8. The highest BCUT2D eigenvalue weighted by atomic mass is 16.7. The minimum absolute atomic E-state index is 0.00413. The summed E-state index contributed by atoms with van der Waals surface area (Å²) in [5, 5.41) is 72.2. The first kappa shape index (κ1) is 33.2. The van der Waals surface area contributed by atoms with Crippen LogP contribution in [0.2, 0.25) is 0 Å². The summed E-state index contributed by atoms with van der Waals surface area (Å²) in [6, 6.07) is 6.27. The fraction of sp³-hybridized carbons (Fsp3) is 0.500. The van der Waals surface area contributed by atoms with Crippen molar-refractivity contribution in [1.29, 1.82) is 0 Å². The summed E-state index contributed by atoms with van der Waals surface area (Å²) >= 11 is 0. The second-order valence-electron chi connectivity index (χ2n) is 11.0. The van der Waals surface area contributed by atoms with Crippen LogP contribution in [-0.2, 0) is 14.2 Å². The lowest BCUT2D eigenvalue weighted by atomic mass is 9.97. The third-order valence-electron chi connectivity index (χ3n) is 8.24. The molecular weight excluding hydrogens is 632 g/mol. The van der Waals surface area contributed by atoms with Gasteiger partial charge in [0.05, 0.1) is 33.0 Å². The van der Waals surface area contributed by atoms with E-state index in [9.17, 15) is 40.5 Å². The van der Waals surface area contributed by atoms with Crippen molar-refractivity contribution < 1.29 is 78.1 Å². The summed E-state index contributed by atoms with van der Waals surface area (Å²) in [5.41, 5.74) is 0.125. The van der Waals surface area contributed by atoms with Gasteiger partial charge < -0.3 is 78.1 Å². The van der Waals surface area contributed by atoms with Crippen molar-refractivity contribution >= 4 is 11.0 Å². The zero-order valence-electron chi connectivity index (χ0n) is 25.0. The number of rotatable bonds is 9. The lowest BCUT2D eigenvalue weighted by Crippen LogP contribution is -2.65. The molecule has 1 aromatic heterocycles. The van der Waals surface area contributed by atoms with Gasteiger partial charge in [0.15, 0.2) is 29.1 Å². The van der Waals surface area contributed by atoms with Crippen molar-refractivity contribution in [2.45, 2.75) is 61.4 Å². The fourth-order valence-corrected chi connectivity index (χ4v) is 5.70. The van der Waals surface area contributed by atoms with Crippen LogP contribution in [0.15, 0.2) is 39.7 Å². The van der Waals surface area contributed by atoms with Crippen LogP contribution in [0, 0.1) is 0 Å². The quantitative estimate of drug-likeness (QED) is 0.133. The lowest BCUT2D eigenvalue weighted by molar-refractivity contribution is -0.352. The van der Waals surface area contributed by atoms with E-state index in [-0.39, 0.29) is 40.6 Å².